The third-order valence-corrected chi connectivity index (χ3v) is 1.47. The van der Waals surface area contributed by atoms with Gasteiger partial charge in [-0.25, -0.2) is 10.4 Å². The number of aliphatic imine (C=N–C) groups is 1. The summed E-state index contributed by atoms with van der Waals surface area (Å²) in [4.78, 5) is 3.65. The van der Waals surface area contributed by atoms with Gasteiger partial charge in [-0.3, -0.25) is 0 Å². The topological polar surface area (TPSA) is 65.9 Å². The molecule has 1 aliphatic heterocycles. The highest BCUT2D eigenvalue weighted by Crippen LogP contribution is 2.11. The van der Waals surface area contributed by atoms with Crippen LogP contribution in [0.1, 0.15) is 0 Å². The molecule has 1 atom stereocenters. The summed E-state index contributed by atoms with van der Waals surface area (Å²) in [6.45, 7) is 3.85. The summed E-state index contributed by atoms with van der Waals surface area (Å²) in [5.41, 5.74) is 6.19. The van der Waals surface area contributed by atoms with Crippen molar-refractivity contribution in [3.8, 4) is 0 Å². The van der Waals surface area contributed by atoms with E-state index in [4.69, 9.17) is 4.74 Å². The number of rotatable bonds is 3. The molecule has 0 radical (unpaired) electrons. The summed E-state index contributed by atoms with van der Waals surface area (Å²) in [6.07, 6.45) is -0.905. The molecular formula is C6H11N3O2. The minimum absolute atomic E-state index is 0.517. The van der Waals surface area contributed by atoms with E-state index < -0.39 is 6.29 Å². The van der Waals surface area contributed by atoms with Crippen molar-refractivity contribution in [3.05, 3.63) is 11.4 Å². The second-order valence-electron chi connectivity index (χ2n) is 2.10. The highest BCUT2D eigenvalue weighted by molar-refractivity contribution is 5.32. The van der Waals surface area contributed by atoms with Crippen molar-refractivity contribution in [2.75, 3.05) is 13.7 Å². The molecule has 0 bridgehead atoms. The Hall–Kier alpha value is -0.910. The lowest BCUT2D eigenvalue weighted by Gasteiger charge is -2.07. The van der Waals surface area contributed by atoms with E-state index in [0.717, 1.165) is 0 Å². The third kappa shape index (κ3) is 1.56. The van der Waals surface area contributed by atoms with Crippen LogP contribution in [0.3, 0.4) is 0 Å². The van der Waals surface area contributed by atoms with Crippen molar-refractivity contribution in [3.63, 3.8) is 0 Å². The molecule has 3 N–H and O–H groups in total. The van der Waals surface area contributed by atoms with E-state index in [1.54, 1.807) is 0 Å². The van der Waals surface area contributed by atoms with Crippen LogP contribution < -0.4 is 10.9 Å². The van der Waals surface area contributed by atoms with Crippen LogP contribution in [0.5, 0.6) is 0 Å². The number of nitrogens with one attached hydrogen (secondary N) is 2. The Morgan fingerprint density at radius 3 is 3.09 bits per heavy atom. The van der Waals surface area contributed by atoms with Gasteiger partial charge in [0.2, 0.25) is 0 Å². The Bertz CT molecular complexity index is 190. The number of nitrogens with zero attached hydrogens (tertiary/aromatic N) is 1. The highest BCUT2D eigenvalue weighted by atomic mass is 16.6. The molecule has 0 aliphatic carbocycles. The number of ether oxygens (including phenoxy) is 1. The molecule has 11 heavy (non-hydrogen) atoms. The van der Waals surface area contributed by atoms with E-state index in [2.05, 4.69) is 22.6 Å². The molecule has 0 aromatic rings. The highest BCUT2D eigenvalue weighted by Gasteiger charge is 2.19. The molecule has 0 amide bonds. The normalized spacial score (nSPS) is 19.8. The zero-order valence-corrected chi connectivity index (χ0v) is 6.29. The number of hydrazine groups is 1. The first kappa shape index (κ1) is 8.19. The standard InChI is InChI=1S/C6H11N3O2/c1-7-5-4(3-8-9-5)6(10)11-2/h6,8-10H,1,3H2,2H3. The largest absolute Gasteiger partial charge is 0.364 e. The van der Waals surface area contributed by atoms with Crippen LogP contribution in [-0.2, 0) is 4.74 Å². The van der Waals surface area contributed by atoms with Crippen LogP contribution in [0.25, 0.3) is 0 Å². The van der Waals surface area contributed by atoms with Gasteiger partial charge in [-0.1, -0.05) is 0 Å². The average molecular weight is 157 g/mol. The van der Waals surface area contributed by atoms with Crippen molar-refractivity contribution in [2.45, 2.75) is 6.29 Å². The first-order chi connectivity index (χ1) is 5.29. The van der Waals surface area contributed by atoms with Gasteiger partial charge in [0.15, 0.2) is 6.29 Å². The SMILES string of the molecule is C=NC1=C(C(O)OC)CNN1. The molecule has 0 fully saturated rings. The van der Waals surface area contributed by atoms with Gasteiger partial charge in [-0.15, -0.1) is 0 Å². The molecule has 1 aliphatic rings. The molecule has 1 rings (SSSR count). The maximum absolute atomic E-state index is 9.21. The first-order valence-corrected chi connectivity index (χ1v) is 3.19. The van der Waals surface area contributed by atoms with Crippen molar-refractivity contribution in [1.82, 2.24) is 10.9 Å². The van der Waals surface area contributed by atoms with Crippen molar-refractivity contribution < 1.29 is 9.84 Å². The Morgan fingerprint density at radius 1 is 1.82 bits per heavy atom. The van der Waals surface area contributed by atoms with Crippen LogP contribution >= 0.6 is 0 Å². The molecule has 0 saturated heterocycles. The lowest BCUT2D eigenvalue weighted by molar-refractivity contribution is -0.0454. The summed E-state index contributed by atoms with van der Waals surface area (Å²) >= 11 is 0. The predicted molar refractivity (Wildman–Crippen MR) is 40.7 cm³/mol. The number of hydrogen-bond donors (Lipinski definition) is 3. The van der Waals surface area contributed by atoms with E-state index in [9.17, 15) is 5.11 Å². The van der Waals surface area contributed by atoms with Crippen LogP contribution in [0.15, 0.2) is 16.4 Å². The Morgan fingerprint density at radius 2 is 2.55 bits per heavy atom. The molecule has 1 heterocycles. The lowest BCUT2D eigenvalue weighted by Crippen LogP contribution is -2.23. The molecule has 62 valence electrons. The molecular weight excluding hydrogens is 146 g/mol. The minimum Gasteiger partial charge on any atom is -0.364 e. The molecule has 0 saturated carbocycles. The van der Waals surface area contributed by atoms with Crippen molar-refractivity contribution in [1.29, 1.82) is 0 Å². The fourth-order valence-corrected chi connectivity index (χ4v) is 0.875. The van der Waals surface area contributed by atoms with Crippen molar-refractivity contribution >= 4 is 6.72 Å². The fraction of sp³-hybridized carbons (Fsp3) is 0.500. The first-order valence-electron chi connectivity index (χ1n) is 3.19. The second kappa shape index (κ2) is 3.47. The van der Waals surface area contributed by atoms with Crippen LogP contribution in [0.4, 0.5) is 0 Å². The summed E-state index contributed by atoms with van der Waals surface area (Å²) in [5, 5.41) is 9.21. The summed E-state index contributed by atoms with van der Waals surface area (Å²) in [7, 11) is 1.43. The molecule has 5 nitrogen and oxygen atoms in total. The van der Waals surface area contributed by atoms with E-state index in [1.807, 2.05) is 0 Å². The van der Waals surface area contributed by atoms with Gasteiger partial charge in [0.25, 0.3) is 0 Å². The molecule has 1 unspecified atom stereocenters. The van der Waals surface area contributed by atoms with Gasteiger partial charge < -0.3 is 15.3 Å². The average Bonchev–Trinajstić information content (AvgIpc) is 2.50. The van der Waals surface area contributed by atoms with Crippen molar-refractivity contribution in [2.24, 2.45) is 4.99 Å². The van der Waals surface area contributed by atoms with Crippen LogP contribution in [-0.4, -0.2) is 31.8 Å². The fourth-order valence-electron chi connectivity index (χ4n) is 0.875. The van der Waals surface area contributed by atoms with E-state index in [0.29, 0.717) is 17.9 Å². The molecule has 0 aromatic carbocycles. The minimum atomic E-state index is -0.905. The number of aliphatic hydroxyl groups excluding tert-OH is 1. The maximum atomic E-state index is 9.21. The molecule has 5 heteroatoms. The monoisotopic (exact) mass is 157 g/mol. The number of methoxy groups -OCH3 is 1. The van der Waals surface area contributed by atoms with Crippen LogP contribution in [0.2, 0.25) is 0 Å². The summed E-state index contributed by atoms with van der Waals surface area (Å²) < 4.78 is 4.70. The smallest absolute Gasteiger partial charge is 0.181 e. The van der Waals surface area contributed by atoms with Gasteiger partial charge in [-0.05, 0) is 6.72 Å². The third-order valence-electron chi connectivity index (χ3n) is 1.47. The van der Waals surface area contributed by atoms with Gasteiger partial charge in [0.1, 0.15) is 5.82 Å². The Balaban J connectivity index is 2.73. The molecule has 0 spiro atoms. The maximum Gasteiger partial charge on any atom is 0.181 e. The number of aliphatic hydroxyl groups is 1. The van der Waals surface area contributed by atoms with Gasteiger partial charge >= 0.3 is 0 Å². The Kier molecular flexibility index (Phi) is 2.58. The van der Waals surface area contributed by atoms with Gasteiger partial charge in [-0.2, -0.15) is 0 Å². The van der Waals surface area contributed by atoms with E-state index in [1.165, 1.54) is 7.11 Å². The lowest BCUT2D eigenvalue weighted by atomic mass is 10.3. The Labute approximate surface area is 64.7 Å². The summed E-state index contributed by atoms with van der Waals surface area (Å²) in [6, 6.07) is 0. The second-order valence-corrected chi connectivity index (χ2v) is 2.10. The quantitative estimate of drug-likeness (QED) is 0.362. The van der Waals surface area contributed by atoms with Crippen LogP contribution in [0, 0.1) is 0 Å². The predicted octanol–water partition coefficient (Wildman–Crippen LogP) is -1.03. The molecule has 0 aromatic heterocycles. The zero-order chi connectivity index (χ0) is 8.27. The van der Waals surface area contributed by atoms with Gasteiger partial charge in [0, 0.05) is 19.2 Å². The van der Waals surface area contributed by atoms with E-state index >= 15 is 0 Å². The summed E-state index contributed by atoms with van der Waals surface area (Å²) in [5.74, 6) is 0.541. The number of hydrogen-bond acceptors (Lipinski definition) is 5. The van der Waals surface area contributed by atoms with Gasteiger partial charge in [0.05, 0.1) is 0 Å². The zero-order valence-electron chi connectivity index (χ0n) is 6.29. The van der Waals surface area contributed by atoms with E-state index in [-0.39, 0.29) is 0 Å².